The lowest BCUT2D eigenvalue weighted by molar-refractivity contribution is -0.140. The Bertz CT molecular complexity index is 338. The van der Waals surface area contributed by atoms with Gasteiger partial charge in [0.15, 0.2) is 12.2 Å². The molecular formula is C11H13O3+. The van der Waals surface area contributed by atoms with Crippen molar-refractivity contribution in [2.45, 2.75) is 19.8 Å². The maximum Gasteiger partial charge on any atom is 0.523 e. The predicted molar refractivity (Wildman–Crippen MR) is 53.1 cm³/mol. The summed E-state index contributed by atoms with van der Waals surface area (Å²) in [4.78, 5) is 21.5. The maximum absolute atomic E-state index is 11.2. The smallest absolute Gasteiger partial charge is 0.523 e. The van der Waals surface area contributed by atoms with Crippen molar-refractivity contribution in [3.63, 3.8) is 0 Å². The van der Waals surface area contributed by atoms with Crippen LogP contribution >= 0.6 is 0 Å². The molecule has 0 aromatic heterocycles. The molecule has 0 fully saturated rings. The molecule has 0 aliphatic heterocycles. The number of carbonyl (C=O) groups excluding carboxylic acids is 2. The monoisotopic (exact) mass is 193 g/mol. The number of hydrogen-bond donors (Lipinski definition) is 0. The van der Waals surface area contributed by atoms with Gasteiger partial charge in [0, 0.05) is 11.2 Å². The second kappa shape index (κ2) is 4.56. The van der Waals surface area contributed by atoms with Crippen LogP contribution in [0.25, 0.3) is 0 Å². The Labute approximate surface area is 82.4 Å². The van der Waals surface area contributed by atoms with Gasteiger partial charge in [-0.2, -0.15) is 0 Å². The molecule has 0 amide bonds. The van der Waals surface area contributed by atoms with Crippen LogP contribution < -0.4 is 0 Å². The zero-order valence-electron chi connectivity index (χ0n) is 8.04. The topological polar surface area (TPSA) is 57.0 Å². The molecule has 0 unspecified atom stereocenters. The fourth-order valence-electron chi connectivity index (χ4n) is 1.18. The van der Waals surface area contributed by atoms with Gasteiger partial charge in [-0.3, -0.25) is 4.79 Å². The lowest BCUT2D eigenvalue weighted by Crippen LogP contribution is -2.09. The van der Waals surface area contributed by atoms with Crippen LogP contribution in [-0.4, -0.2) is 16.9 Å². The van der Waals surface area contributed by atoms with Gasteiger partial charge >= 0.3 is 5.97 Å². The molecule has 3 nitrogen and oxygen atoms in total. The number of aryl methyl sites for hydroxylation is 1. The molecule has 74 valence electrons. The molecule has 1 rings (SSSR count). The van der Waals surface area contributed by atoms with Crippen LogP contribution in [-0.2, 0) is 16.0 Å². The van der Waals surface area contributed by atoms with Crippen molar-refractivity contribution in [2.24, 2.45) is 0 Å². The summed E-state index contributed by atoms with van der Waals surface area (Å²) in [6, 6.07) is 7.57. The van der Waals surface area contributed by atoms with Crippen molar-refractivity contribution in [1.82, 2.24) is 0 Å². The van der Waals surface area contributed by atoms with Crippen molar-refractivity contribution >= 4 is 11.8 Å². The summed E-state index contributed by atoms with van der Waals surface area (Å²) < 4.78 is 0. The summed E-state index contributed by atoms with van der Waals surface area (Å²) in [5, 5.41) is 6.65. The number of rotatable bonds is 4. The Hall–Kier alpha value is -1.64. The molecule has 0 bridgehead atoms. The standard InChI is InChI=1S/C11H12O3/c1-8-2-4-9(5-3-8)6-10(12)7-11(13)14/h2-5H,6-7H2,1H3,(H,13,14)/p+1. The Balaban J connectivity index is 2.56. The third-order valence-electron chi connectivity index (χ3n) is 1.88. The van der Waals surface area contributed by atoms with Crippen LogP contribution in [0.1, 0.15) is 17.5 Å². The van der Waals surface area contributed by atoms with Crippen LogP contribution in [0.3, 0.4) is 0 Å². The van der Waals surface area contributed by atoms with E-state index < -0.39 is 5.97 Å². The second-order valence-electron chi connectivity index (χ2n) is 3.30. The number of benzene rings is 1. The lowest BCUT2D eigenvalue weighted by Gasteiger charge is -1.98. The molecule has 0 saturated heterocycles. The lowest BCUT2D eigenvalue weighted by atomic mass is 10.1. The molecule has 0 atom stereocenters. The quantitative estimate of drug-likeness (QED) is 0.523. The minimum absolute atomic E-state index is 0.200. The minimum Gasteiger partial charge on any atom is -0.564 e. The number of Topliss-reactive ketones (excluding diaryl/α,β-unsaturated/α-hetero) is 1. The molecule has 1 aromatic carbocycles. The number of ketones is 1. The van der Waals surface area contributed by atoms with Crippen LogP contribution in [0, 0.1) is 6.92 Å². The zero-order valence-corrected chi connectivity index (χ0v) is 8.04. The fourth-order valence-corrected chi connectivity index (χ4v) is 1.18. The molecular weight excluding hydrogens is 180 g/mol. The van der Waals surface area contributed by atoms with E-state index in [1.54, 1.807) is 0 Å². The SMILES string of the molecule is Cc1ccc(CC(=O)CC(=O)[OH2+])cc1. The van der Waals surface area contributed by atoms with Gasteiger partial charge in [0.25, 0.3) is 0 Å². The van der Waals surface area contributed by atoms with E-state index in [1.165, 1.54) is 0 Å². The van der Waals surface area contributed by atoms with Gasteiger partial charge in [-0.15, -0.1) is 0 Å². The zero-order chi connectivity index (χ0) is 10.6. The molecule has 3 heteroatoms. The van der Waals surface area contributed by atoms with E-state index in [0.29, 0.717) is 0 Å². The first-order valence-electron chi connectivity index (χ1n) is 4.39. The van der Waals surface area contributed by atoms with E-state index in [1.807, 2.05) is 31.2 Å². The summed E-state index contributed by atoms with van der Waals surface area (Å²) in [6.45, 7) is 1.97. The van der Waals surface area contributed by atoms with Crippen LogP contribution in [0.5, 0.6) is 0 Å². The van der Waals surface area contributed by atoms with Gasteiger partial charge in [-0.25, -0.2) is 0 Å². The number of hydrogen-bond acceptors (Lipinski definition) is 2. The van der Waals surface area contributed by atoms with Crippen LogP contribution in [0.2, 0.25) is 0 Å². The first-order chi connectivity index (χ1) is 6.58. The van der Waals surface area contributed by atoms with Gasteiger partial charge in [-0.1, -0.05) is 29.8 Å². The van der Waals surface area contributed by atoms with Crippen molar-refractivity contribution in [2.75, 3.05) is 0 Å². The summed E-state index contributed by atoms with van der Waals surface area (Å²) in [5.74, 6) is -1.02. The van der Waals surface area contributed by atoms with E-state index in [4.69, 9.17) is 5.11 Å². The van der Waals surface area contributed by atoms with Crippen LogP contribution in [0.4, 0.5) is 0 Å². The van der Waals surface area contributed by atoms with Gasteiger partial charge in [0.05, 0.1) is 0 Å². The average Bonchev–Trinajstić information content (AvgIpc) is 2.07. The summed E-state index contributed by atoms with van der Waals surface area (Å²) in [5.41, 5.74) is 2.03. The van der Waals surface area contributed by atoms with Crippen molar-refractivity contribution in [1.29, 1.82) is 0 Å². The van der Waals surface area contributed by atoms with Crippen LogP contribution in [0.15, 0.2) is 24.3 Å². The van der Waals surface area contributed by atoms with E-state index >= 15 is 0 Å². The van der Waals surface area contributed by atoms with E-state index in [-0.39, 0.29) is 18.6 Å². The molecule has 0 aliphatic rings. The summed E-state index contributed by atoms with van der Waals surface area (Å²) in [7, 11) is 0. The molecule has 2 N–H and O–H groups in total. The third-order valence-corrected chi connectivity index (χ3v) is 1.88. The average molecular weight is 193 g/mol. The highest BCUT2D eigenvalue weighted by atomic mass is 16.4. The molecule has 0 saturated carbocycles. The Morgan fingerprint density at radius 1 is 1.21 bits per heavy atom. The van der Waals surface area contributed by atoms with E-state index in [0.717, 1.165) is 11.1 Å². The largest absolute Gasteiger partial charge is 0.564 e. The predicted octanol–water partition coefficient (Wildman–Crippen LogP) is 0.748. The second-order valence-corrected chi connectivity index (χ2v) is 3.30. The highest BCUT2D eigenvalue weighted by Gasteiger charge is 2.13. The van der Waals surface area contributed by atoms with Gasteiger partial charge in [-0.05, 0) is 12.5 Å². The third kappa shape index (κ3) is 3.39. The molecule has 0 radical (unpaired) electrons. The van der Waals surface area contributed by atoms with Crippen molar-refractivity contribution in [3.8, 4) is 0 Å². The van der Waals surface area contributed by atoms with E-state index in [9.17, 15) is 9.59 Å². The minimum atomic E-state index is -0.817. The van der Waals surface area contributed by atoms with Gasteiger partial charge in [0.1, 0.15) is 0 Å². The molecule has 0 aliphatic carbocycles. The van der Waals surface area contributed by atoms with Crippen molar-refractivity contribution < 1.29 is 14.7 Å². The molecule has 1 aromatic rings. The maximum atomic E-state index is 11.2. The Morgan fingerprint density at radius 2 is 1.79 bits per heavy atom. The number of carbonyl (C=O) groups is 2. The Morgan fingerprint density at radius 3 is 2.29 bits per heavy atom. The summed E-state index contributed by atoms with van der Waals surface area (Å²) >= 11 is 0. The Kier molecular flexibility index (Phi) is 3.40. The van der Waals surface area contributed by atoms with Gasteiger partial charge < -0.3 is 5.11 Å². The first-order valence-corrected chi connectivity index (χ1v) is 4.39. The van der Waals surface area contributed by atoms with E-state index in [2.05, 4.69) is 0 Å². The molecule has 0 heterocycles. The highest BCUT2D eigenvalue weighted by Crippen LogP contribution is 2.05. The first kappa shape index (κ1) is 10.4. The molecule has 0 spiro atoms. The fraction of sp³-hybridized carbons (Fsp3) is 0.273. The van der Waals surface area contributed by atoms with Crippen molar-refractivity contribution in [3.05, 3.63) is 35.4 Å². The highest BCUT2D eigenvalue weighted by molar-refractivity contribution is 5.95. The summed E-state index contributed by atoms with van der Waals surface area (Å²) in [6.07, 6.45) is -0.0429. The van der Waals surface area contributed by atoms with Gasteiger partial charge in [0.2, 0.25) is 0 Å². The normalized spacial score (nSPS) is 9.79. The molecule has 14 heavy (non-hydrogen) atoms.